The topological polar surface area (TPSA) is 18.5 Å². The van der Waals surface area contributed by atoms with Crippen LogP contribution < -0.4 is 0 Å². The van der Waals surface area contributed by atoms with Crippen LogP contribution >= 0.6 is 11.6 Å². The zero-order chi connectivity index (χ0) is 15.2. The third-order valence-electron chi connectivity index (χ3n) is 4.60. The van der Waals surface area contributed by atoms with E-state index in [1.807, 2.05) is 12.1 Å². The highest BCUT2D eigenvalue weighted by Gasteiger charge is 2.52. The van der Waals surface area contributed by atoms with Crippen LogP contribution in [0.2, 0.25) is 11.3 Å². The summed E-state index contributed by atoms with van der Waals surface area (Å²) in [5.74, 6) is 0. The highest BCUT2D eigenvalue weighted by molar-refractivity contribution is 6.45. The van der Waals surface area contributed by atoms with Gasteiger partial charge in [0.25, 0.3) is 0 Å². The van der Waals surface area contributed by atoms with Crippen molar-refractivity contribution < 1.29 is 9.31 Å². The van der Waals surface area contributed by atoms with E-state index in [9.17, 15) is 0 Å². The Morgan fingerprint density at radius 1 is 1.00 bits per heavy atom. The van der Waals surface area contributed by atoms with Gasteiger partial charge in [-0.1, -0.05) is 37.6 Å². The van der Waals surface area contributed by atoms with Crippen LogP contribution in [0.4, 0.5) is 0 Å². The number of hydrogen-bond acceptors (Lipinski definition) is 2. The second kappa shape index (κ2) is 5.05. The predicted molar refractivity (Wildman–Crippen MR) is 85.4 cm³/mol. The molecule has 0 aromatic heterocycles. The number of rotatable bonds is 3. The van der Waals surface area contributed by atoms with E-state index in [0.29, 0.717) is 0 Å². The quantitative estimate of drug-likeness (QED) is 0.752. The number of halogens is 1. The van der Waals surface area contributed by atoms with E-state index < -0.39 is 0 Å². The first-order valence-corrected chi connectivity index (χ1v) is 7.53. The molecule has 0 unspecified atom stereocenters. The SMILES string of the molecule is CC(C)(CB1OC(C)(C)C(C)(C)O1)c1ccc(Cl)cc1. The van der Waals surface area contributed by atoms with Crippen LogP contribution in [0.15, 0.2) is 24.3 Å². The fourth-order valence-electron chi connectivity index (χ4n) is 2.48. The van der Waals surface area contributed by atoms with E-state index in [-0.39, 0.29) is 23.7 Å². The second-order valence-electron chi connectivity index (χ2n) is 7.28. The predicted octanol–water partition coefficient (Wildman–Crippen LogP) is 4.71. The Hall–Kier alpha value is -0.505. The Labute approximate surface area is 127 Å². The van der Waals surface area contributed by atoms with Crippen LogP contribution in [0.25, 0.3) is 0 Å². The summed E-state index contributed by atoms with van der Waals surface area (Å²) in [7, 11) is -0.175. The molecule has 1 aromatic rings. The molecule has 0 radical (unpaired) electrons. The molecule has 0 aliphatic carbocycles. The third-order valence-corrected chi connectivity index (χ3v) is 4.86. The molecule has 0 amide bonds. The maximum atomic E-state index is 6.10. The molecular weight excluding hydrogens is 270 g/mol. The van der Waals surface area contributed by atoms with Crippen molar-refractivity contribution in [2.45, 2.75) is 64.5 Å². The highest BCUT2D eigenvalue weighted by atomic mass is 35.5. The van der Waals surface area contributed by atoms with Crippen molar-refractivity contribution in [2.75, 3.05) is 0 Å². The summed E-state index contributed by atoms with van der Waals surface area (Å²) in [5, 5.41) is 0.764. The van der Waals surface area contributed by atoms with Crippen LogP contribution in [0, 0.1) is 0 Å². The van der Waals surface area contributed by atoms with E-state index >= 15 is 0 Å². The largest absolute Gasteiger partial charge is 0.458 e. The van der Waals surface area contributed by atoms with E-state index in [1.165, 1.54) is 5.56 Å². The summed E-state index contributed by atoms with van der Waals surface area (Å²) >= 11 is 5.96. The van der Waals surface area contributed by atoms with Gasteiger partial charge < -0.3 is 9.31 Å². The molecule has 0 saturated carbocycles. The van der Waals surface area contributed by atoms with Gasteiger partial charge >= 0.3 is 7.12 Å². The van der Waals surface area contributed by atoms with Crippen LogP contribution in [-0.2, 0) is 14.7 Å². The van der Waals surface area contributed by atoms with Crippen LogP contribution in [0.3, 0.4) is 0 Å². The summed E-state index contributed by atoms with van der Waals surface area (Å²) in [6, 6.07) is 8.02. The summed E-state index contributed by atoms with van der Waals surface area (Å²) in [6.07, 6.45) is 0.821. The van der Waals surface area contributed by atoms with Crippen molar-refractivity contribution in [3.8, 4) is 0 Å². The number of benzene rings is 1. The maximum absolute atomic E-state index is 6.10. The first-order chi connectivity index (χ1) is 9.03. The van der Waals surface area contributed by atoms with Crippen molar-refractivity contribution in [1.29, 1.82) is 0 Å². The van der Waals surface area contributed by atoms with Gasteiger partial charge in [-0.3, -0.25) is 0 Å². The van der Waals surface area contributed by atoms with Gasteiger partial charge in [-0.2, -0.15) is 0 Å². The van der Waals surface area contributed by atoms with Crippen molar-refractivity contribution >= 4 is 18.7 Å². The molecule has 1 aromatic carbocycles. The lowest BCUT2D eigenvalue weighted by atomic mass is 9.66. The van der Waals surface area contributed by atoms with Crippen molar-refractivity contribution in [2.24, 2.45) is 0 Å². The molecule has 1 fully saturated rings. The Morgan fingerprint density at radius 3 is 1.90 bits per heavy atom. The Bertz CT molecular complexity index is 464. The second-order valence-corrected chi connectivity index (χ2v) is 7.72. The Morgan fingerprint density at radius 2 is 1.45 bits per heavy atom. The van der Waals surface area contributed by atoms with Crippen molar-refractivity contribution in [3.63, 3.8) is 0 Å². The number of hydrogen-bond donors (Lipinski definition) is 0. The molecule has 1 saturated heterocycles. The molecule has 1 aliphatic rings. The van der Waals surface area contributed by atoms with Crippen LogP contribution in [0.1, 0.15) is 47.1 Å². The third kappa shape index (κ3) is 3.05. The summed E-state index contributed by atoms with van der Waals surface area (Å²) in [6.45, 7) is 12.8. The molecule has 0 bridgehead atoms. The molecule has 4 heteroatoms. The smallest absolute Gasteiger partial charge is 0.403 e. The molecule has 110 valence electrons. The Balaban J connectivity index is 2.12. The maximum Gasteiger partial charge on any atom is 0.458 e. The molecule has 0 N–H and O–H groups in total. The van der Waals surface area contributed by atoms with Gasteiger partial charge in [-0.25, -0.2) is 0 Å². The van der Waals surface area contributed by atoms with E-state index in [2.05, 4.69) is 53.7 Å². The average molecular weight is 295 g/mol. The molecular formula is C16H24BClO2. The normalized spacial score (nSPS) is 21.2. The lowest BCUT2D eigenvalue weighted by Crippen LogP contribution is -2.41. The monoisotopic (exact) mass is 294 g/mol. The minimum atomic E-state index is -0.270. The molecule has 1 heterocycles. The van der Waals surface area contributed by atoms with E-state index in [1.54, 1.807) is 0 Å². The van der Waals surface area contributed by atoms with Crippen LogP contribution in [0.5, 0.6) is 0 Å². The highest BCUT2D eigenvalue weighted by Crippen LogP contribution is 2.41. The van der Waals surface area contributed by atoms with Gasteiger partial charge in [-0.15, -0.1) is 0 Å². The standard InChI is InChI=1S/C16H24BClO2/c1-14(2,12-7-9-13(18)10-8-12)11-17-19-15(3,4)16(5,6)20-17/h7-10H,11H2,1-6H3. The molecule has 2 rings (SSSR count). The minimum absolute atomic E-state index is 0.0221. The first kappa shape index (κ1) is 15.9. The summed E-state index contributed by atoms with van der Waals surface area (Å²) < 4.78 is 12.2. The van der Waals surface area contributed by atoms with Crippen LogP contribution in [-0.4, -0.2) is 18.3 Å². The molecule has 2 nitrogen and oxygen atoms in total. The Kier molecular flexibility index (Phi) is 4.01. The zero-order valence-electron chi connectivity index (χ0n) is 13.3. The molecule has 0 atom stereocenters. The van der Waals surface area contributed by atoms with Gasteiger partial charge in [0.2, 0.25) is 0 Å². The minimum Gasteiger partial charge on any atom is -0.403 e. The van der Waals surface area contributed by atoms with Crippen molar-refractivity contribution in [3.05, 3.63) is 34.9 Å². The lowest BCUT2D eigenvalue weighted by Gasteiger charge is -2.32. The van der Waals surface area contributed by atoms with Crippen molar-refractivity contribution in [1.82, 2.24) is 0 Å². The van der Waals surface area contributed by atoms with E-state index in [0.717, 1.165) is 11.3 Å². The van der Waals surface area contributed by atoms with Gasteiger partial charge in [-0.05, 0) is 57.1 Å². The molecule has 20 heavy (non-hydrogen) atoms. The fourth-order valence-corrected chi connectivity index (χ4v) is 2.61. The van der Waals surface area contributed by atoms with E-state index in [4.69, 9.17) is 20.9 Å². The fraction of sp³-hybridized carbons (Fsp3) is 0.625. The van der Waals surface area contributed by atoms with Gasteiger partial charge in [0.15, 0.2) is 0 Å². The summed E-state index contributed by atoms with van der Waals surface area (Å²) in [4.78, 5) is 0. The molecule has 1 aliphatic heterocycles. The molecule has 0 spiro atoms. The average Bonchev–Trinajstić information content (AvgIpc) is 2.46. The van der Waals surface area contributed by atoms with Gasteiger partial charge in [0, 0.05) is 5.02 Å². The lowest BCUT2D eigenvalue weighted by molar-refractivity contribution is 0.00578. The zero-order valence-corrected chi connectivity index (χ0v) is 14.0. The van der Waals surface area contributed by atoms with Gasteiger partial charge in [0.05, 0.1) is 11.2 Å². The van der Waals surface area contributed by atoms with Gasteiger partial charge in [0.1, 0.15) is 0 Å². The summed E-state index contributed by atoms with van der Waals surface area (Å²) in [5.41, 5.74) is 0.685. The first-order valence-electron chi connectivity index (χ1n) is 7.15.